The SMILES string of the molecule is Cc1c(CCC(=O)N[C@@H](CSCc2ccccc2)C(=O)O)c(=O)oc2cc3occ(C(C)(C)C)c3cc12. The van der Waals surface area contributed by atoms with Gasteiger partial charge in [0.15, 0.2) is 0 Å². The predicted octanol–water partition coefficient (Wildman–Crippen LogP) is 5.58. The number of hydrogen-bond acceptors (Lipinski definition) is 6. The second-order valence-corrected chi connectivity index (χ2v) is 11.2. The second-order valence-electron chi connectivity index (χ2n) is 10.2. The van der Waals surface area contributed by atoms with Crippen molar-refractivity contribution in [2.75, 3.05) is 5.75 Å². The number of rotatable bonds is 9. The molecule has 4 aromatic rings. The number of thioether (sulfide) groups is 1. The molecule has 0 aliphatic carbocycles. The average molecular weight is 522 g/mol. The summed E-state index contributed by atoms with van der Waals surface area (Å²) < 4.78 is 11.3. The number of carboxylic acid groups (broad SMARTS) is 1. The fourth-order valence-corrected chi connectivity index (χ4v) is 5.34. The summed E-state index contributed by atoms with van der Waals surface area (Å²) in [5.74, 6) is -0.621. The van der Waals surface area contributed by atoms with E-state index >= 15 is 0 Å². The Morgan fingerprint density at radius 2 is 1.81 bits per heavy atom. The molecular weight excluding hydrogens is 490 g/mol. The number of carboxylic acids is 1. The van der Waals surface area contributed by atoms with E-state index in [1.54, 1.807) is 12.3 Å². The number of benzene rings is 2. The van der Waals surface area contributed by atoms with E-state index in [0.29, 0.717) is 22.5 Å². The Morgan fingerprint density at radius 1 is 1.08 bits per heavy atom. The van der Waals surface area contributed by atoms with Crippen LogP contribution < -0.4 is 10.9 Å². The maximum absolute atomic E-state index is 12.7. The Labute approximate surface area is 219 Å². The van der Waals surface area contributed by atoms with Crippen molar-refractivity contribution in [1.29, 1.82) is 0 Å². The van der Waals surface area contributed by atoms with Crippen molar-refractivity contribution in [2.45, 2.75) is 57.7 Å². The predicted molar refractivity (Wildman–Crippen MR) is 146 cm³/mol. The molecule has 0 aliphatic rings. The van der Waals surface area contributed by atoms with Gasteiger partial charge in [0.25, 0.3) is 0 Å². The molecule has 1 atom stereocenters. The molecule has 0 fully saturated rings. The molecule has 2 heterocycles. The average Bonchev–Trinajstić information content (AvgIpc) is 3.26. The van der Waals surface area contributed by atoms with Gasteiger partial charge in [-0.3, -0.25) is 4.79 Å². The highest BCUT2D eigenvalue weighted by molar-refractivity contribution is 7.98. The zero-order chi connectivity index (χ0) is 26.7. The van der Waals surface area contributed by atoms with Crippen LogP contribution in [0.2, 0.25) is 0 Å². The van der Waals surface area contributed by atoms with Crippen molar-refractivity contribution in [3.8, 4) is 0 Å². The van der Waals surface area contributed by atoms with Crippen LogP contribution >= 0.6 is 11.8 Å². The van der Waals surface area contributed by atoms with Crippen molar-refractivity contribution in [2.24, 2.45) is 0 Å². The Kier molecular flexibility index (Phi) is 7.78. The summed E-state index contributed by atoms with van der Waals surface area (Å²) in [5.41, 5.74) is 3.75. The van der Waals surface area contributed by atoms with E-state index in [1.165, 1.54) is 11.8 Å². The van der Waals surface area contributed by atoms with Gasteiger partial charge in [-0.2, -0.15) is 11.8 Å². The Morgan fingerprint density at radius 3 is 2.49 bits per heavy atom. The van der Waals surface area contributed by atoms with E-state index in [2.05, 4.69) is 26.1 Å². The first-order valence-corrected chi connectivity index (χ1v) is 13.3. The van der Waals surface area contributed by atoms with E-state index in [9.17, 15) is 19.5 Å². The highest BCUT2D eigenvalue weighted by Gasteiger charge is 2.23. The number of hydrogen-bond donors (Lipinski definition) is 2. The van der Waals surface area contributed by atoms with Crippen molar-refractivity contribution >= 4 is 45.6 Å². The summed E-state index contributed by atoms with van der Waals surface area (Å²) in [7, 11) is 0. The largest absolute Gasteiger partial charge is 0.480 e. The lowest BCUT2D eigenvalue weighted by molar-refractivity contribution is -0.141. The van der Waals surface area contributed by atoms with E-state index in [-0.39, 0.29) is 24.0 Å². The molecule has 2 aromatic heterocycles. The molecule has 0 saturated carbocycles. The molecule has 0 bridgehead atoms. The number of carbonyl (C=O) groups is 2. The van der Waals surface area contributed by atoms with Gasteiger partial charge in [-0.1, -0.05) is 51.1 Å². The maximum atomic E-state index is 12.7. The minimum atomic E-state index is -1.09. The smallest absolute Gasteiger partial charge is 0.339 e. The summed E-state index contributed by atoms with van der Waals surface area (Å²) in [5, 5.41) is 13.9. The van der Waals surface area contributed by atoms with Gasteiger partial charge < -0.3 is 19.3 Å². The summed E-state index contributed by atoms with van der Waals surface area (Å²) in [6.45, 7) is 8.16. The van der Waals surface area contributed by atoms with E-state index in [4.69, 9.17) is 8.83 Å². The number of carbonyl (C=O) groups excluding carboxylic acids is 1. The van der Waals surface area contributed by atoms with Crippen LogP contribution in [0.4, 0.5) is 0 Å². The van der Waals surface area contributed by atoms with Crippen molar-refractivity contribution in [3.05, 3.63) is 81.4 Å². The zero-order valence-corrected chi connectivity index (χ0v) is 22.2. The van der Waals surface area contributed by atoms with Gasteiger partial charge in [0.1, 0.15) is 17.2 Å². The first-order valence-electron chi connectivity index (χ1n) is 12.2. The minimum absolute atomic E-state index is 0.0224. The van der Waals surface area contributed by atoms with Gasteiger partial charge in [-0.25, -0.2) is 9.59 Å². The maximum Gasteiger partial charge on any atom is 0.339 e. The molecule has 37 heavy (non-hydrogen) atoms. The molecule has 0 aliphatic heterocycles. The molecule has 2 aromatic carbocycles. The highest BCUT2D eigenvalue weighted by atomic mass is 32.2. The van der Waals surface area contributed by atoms with Gasteiger partial charge in [-0.05, 0) is 36.0 Å². The normalized spacial score (nSPS) is 12.6. The fourth-order valence-electron chi connectivity index (χ4n) is 4.33. The number of fused-ring (bicyclic) bond motifs is 2. The topological polar surface area (TPSA) is 110 Å². The third-order valence-electron chi connectivity index (χ3n) is 6.42. The third-order valence-corrected chi connectivity index (χ3v) is 7.53. The number of furan rings is 1. The third kappa shape index (κ3) is 6.07. The van der Waals surface area contributed by atoms with Gasteiger partial charge in [0.2, 0.25) is 5.91 Å². The van der Waals surface area contributed by atoms with Gasteiger partial charge in [-0.15, -0.1) is 0 Å². The Bertz CT molecular complexity index is 1500. The molecule has 0 saturated heterocycles. The molecular formula is C29H31NO6S. The van der Waals surface area contributed by atoms with Crippen molar-refractivity contribution in [1.82, 2.24) is 5.32 Å². The van der Waals surface area contributed by atoms with Crippen LogP contribution in [0.25, 0.3) is 21.9 Å². The van der Waals surface area contributed by atoms with Crippen LogP contribution in [0.15, 0.2) is 62.4 Å². The van der Waals surface area contributed by atoms with Gasteiger partial charge >= 0.3 is 11.6 Å². The highest BCUT2D eigenvalue weighted by Crippen LogP contribution is 2.35. The first-order chi connectivity index (χ1) is 17.5. The molecule has 7 nitrogen and oxygen atoms in total. The molecule has 0 spiro atoms. The Hall–Kier alpha value is -3.52. The second kappa shape index (κ2) is 10.8. The lowest BCUT2D eigenvalue weighted by atomic mass is 9.86. The summed E-state index contributed by atoms with van der Waals surface area (Å²) >= 11 is 1.44. The zero-order valence-electron chi connectivity index (χ0n) is 21.4. The first kappa shape index (κ1) is 26.5. The van der Waals surface area contributed by atoms with E-state index < -0.39 is 23.5 Å². The van der Waals surface area contributed by atoms with E-state index in [0.717, 1.165) is 27.5 Å². The minimum Gasteiger partial charge on any atom is -0.480 e. The van der Waals surface area contributed by atoms with Crippen LogP contribution in [-0.2, 0) is 27.2 Å². The van der Waals surface area contributed by atoms with Crippen LogP contribution in [0, 0.1) is 6.92 Å². The molecule has 194 valence electrons. The van der Waals surface area contributed by atoms with Crippen LogP contribution in [0.3, 0.4) is 0 Å². The van der Waals surface area contributed by atoms with Gasteiger partial charge in [0, 0.05) is 45.9 Å². The van der Waals surface area contributed by atoms with Crippen LogP contribution in [-0.4, -0.2) is 28.8 Å². The summed E-state index contributed by atoms with van der Waals surface area (Å²) in [6, 6.07) is 12.4. The molecule has 4 rings (SSSR count). The molecule has 8 heteroatoms. The number of nitrogens with one attached hydrogen (secondary N) is 1. The fraction of sp³-hybridized carbons (Fsp3) is 0.345. The van der Waals surface area contributed by atoms with Crippen LogP contribution in [0.1, 0.15) is 49.4 Å². The quantitative estimate of drug-likeness (QED) is 0.277. The van der Waals surface area contributed by atoms with E-state index in [1.807, 2.05) is 43.3 Å². The number of amides is 1. The van der Waals surface area contributed by atoms with Crippen molar-refractivity contribution in [3.63, 3.8) is 0 Å². The summed E-state index contributed by atoms with van der Waals surface area (Å²) in [6.07, 6.45) is 1.86. The van der Waals surface area contributed by atoms with Gasteiger partial charge in [0.05, 0.1) is 6.26 Å². The standard InChI is InChI=1S/C29H31NO6S/c1-17-19(10-11-26(31)30-23(27(32)33)16-37-15-18-8-6-5-7-9-18)28(34)36-25-13-24-21(12-20(17)25)22(14-35-24)29(2,3)4/h5-9,12-14,23H,10-11,15-16H2,1-4H3,(H,30,31)(H,32,33)/t23-/m0/s1. The number of aryl methyl sites for hydroxylation is 1. The number of aliphatic carboxylic acids is 1. The molecule has 0 radical (unpaired) electrons. The molecule has 2 N–H and O–H groups in total. The van der Waals surface area contributed by atoms with Crippen molar-refractivity contribution < 1.29 is 23.5 Å². The monoisotopic (exact) mass is 521 g/mol. The molecule has 1 amide bonds. The lowest BCUT2D eigenvalue weighted by Gasteiger charge is -2.17. The molecule has 0 unspecified atom stereocenters. The summed E-state index contributed by atoms with van der Waals surface area (Å²) in [4.78, 5) is 37.1. The van der Waals surface area contributed by atoms with Crippen LogP contribution in [0.5, 0.6) is 0 Å². The lowest BCUT2D eigenvalue weighted by Crippen LogP contribution is -2.42. The Balaban J connectivity index is 1.47.